The van der Waals surface area contributed by atoms with Crippen molar-refractivity contribution in [1.29, 1.82) is 0 Å². The summed E-state index contributed by atoms with van der Waals surface area (Å²) < 4.78 is 0. The van der Waals surface area contributed by atoms with E-state index in [1.807, 2.05) is 6.07 Å². The lowest BCUT2D eigenvalue weighted by atomic mass is 10.00. The molecule has 0 aromatic heterocycles. The minimum Gasteiger partial charge on any atom is -0.122 e. The lowest BCUT2D eigenvalue weighted by Crippen LogP contribution is -1.95. The van der Waals surface area contributed by atoms with E-state index in [0.717, 1.165) is 0 Å². The van der Waals surface area contributed by atoms with Crippen LogP contribution in [0.25, 0.3) is 17.2 Å². The van der Waals surface area contributed by atoms with E-state index in [4.69, 9.17) is 11.6 Å². The molecule has 0 fully saturated rings. The number of halogens is 1. The maximum atomic E-state index is 5.97. The zero-order chi connectivity index (χ0) is 13.7. The average molecular weight is 271 g/mol. The molecule has 2 aromatic rings. The predicted octanol–water partition coefficient (Wildman–Crippen LogP) is 5.63. The molecule has 98 valence electrons. The minimum absolute atomic E-state index is 0.492. The summed E-state index contributed by atoms with van der Waals surface area (Å²) >= 11 is 5.97. The number of alkyl halides is 1. The van der Waals surface area contributed by atoms with Crippen LogP contribution in [-0.2, 0) is 0 Å². The van der Waals surface area contributed by atoms with Crippen LogP contribution in [0.1, 0.15) is 19.4 Å². The second-order valence-corrected chi connectivity index (χ2v) is 5.26. The summed E-state index contributed by atoms with van der Waals surface area (Å²) in [5, 5.41) is 0. The molecule has 0 aliphatic heterocycles. The van der Waals surface area contributed by atoms with Gasteiger partial charge in [0.05, 0.1) is 0 Å². The highest BCUT2D eigenvalue weighted by molar-refractivity contribution is 6.19. The van der Waals surface area contributed by atoms with Crippen molar-refractivity contribution < 1.29 is 0 Å². The fraction of sp³-hybridized carbons (Fsp3) is 0.222. The maximum Gasteiger partial charge on any atom is 0.0439 e. The van der Waals surface area contributed by atoms with E-state index in [2.05, 4.69) is 68.5 Å². The van der Waals surface area contributed by atoms with Crippen molar-refractivity contribution in [2.75, 3.05) is 5.88 Å². The molecule has 2 rings (SSSR count). The van der Waals surface area contributed by atoms with Gasteiger partial charge in [-0.2, -0.15) is 0 Å². The number of benzene rings is 2. The molecule has 0 saturated heterocycles. The molecular formula is C18H19Cl. The van der Waals surface area contributed by atoms with Gasteiger partial charge in [-0.25, -0.2) is 0 Å². The van der Waals surface area contributed by atoms with Gasteiger partial charge in [-0.05, 0) is 22.6 Å². The van der Waals surface area contributed by atoms with Crippen LogP contribution < -0.4 is 0 Å². The Balaban J connectivity index is 2.24. The Morgan fingerprint density at radius 1 is 0.947 bits per heavy atom. The van der Waals surface area contributed by atoms with Crippen molar-refractivity contribution in [3.05, 3.63) is 65.7 Å². The standard InChI is InChI=1S/C18H19Cl/c1-14(2)18(13-19)12-15-8-10-17(11-9-15)16-6-4-3-5-7-16/h3-12,14H,13H2,1-2H3. The van der Waals surface area contributed by atoms with Crippen LogP contribution in [0.3, 0.4) is 0 Å². The van der Waals surface area contributed by atoms with E-state index < -0.39 is 0 Å². The number of hydrogen-bond donors (Lipinski definition) is 0. The van der Waals surface area contributed by atoms with Crippen molar-refractivity contribution in [2.24, 2.45) is 5.92 Å². The smallest absolute Gasteiger partial charge is 0.0439 e. The quantitative estimate of drug-likeness (QED) is 0.632. The molecule has 0 atom stereocenters. The fourth-order valence-corrected chi connectivity index (χ4v) is 2.36. The van der Waals surface area contributed by atoms with E-state index in [-0.39, 0.29) is 0 Å². The van der Waals surface area contributed by atoms with Crippen molar-refractivity contribution in [3.8, 4) is 11.1 Å². The number of hydrogen-bond acceptors (Lipinski definition) is 0. The van der Waals surface area contributed by atoms with Gasteiger partial charge in [0.2, 0.25) is 0 Å². The number of rotatable bonds is 4. The van der Waals surface area contributed by atoms with Crippen molar-refractivity contribution >= 4 is 17.7 Å². The molecule has 0 radical (unpaired) electrons. The highest BCUT2D eigenvalue weighted by Crippen LogP contribution is 2.21. The van der Waals surface area contributed by atoms with Crippen LogP contribution in [0.5, 0.6) is 0 Å². The van der Waals surface area contributed by atoms with Crippen LogP contribution in [0.2, 0.25) is 0 Å². The third kappa shape index (κ3) is 3.71. The molecule has 0 spiro atoms. The first-order valence-corrected chi connectivity index (χ1v) is 7.16. The van der Waals surface area contributed by atoms with Crippen LogP contribution in [0.4, 0.5) is 0 Å². The van der Waals surface area contributed by atoms with Crippen LogP contribution in [-0.4, -0.2) is 5.88 Å². The van der Waals surface area contributed by atoms with E-state index >= 15 is 0 Å². The van der Waals surface area contributed by atoms with Crippen LogP contribution >= 0.6 is 11.6 Å². The summed E-state index contributed by atoms with van der Waals surface area (Å²) in [5.41, 5.74) is 4.98. The van der Waals surface area contributed by atoms with Gasteiger partial charge in [-0.15, -0.1) is 11.6 Å². The zero-order valence-electron chi connectivity index (χ0n) is 11.4. The summed E-state index contributed by atoms with van der Waals surface area (Å²) in [6, 6.07) is 19.0. The molecule has 0 amide bonds. The molecule has 0 unspecified atom stereocenters. The molecule has 0 N–H and O–H groups in total. The monoisotopic (exact) mass is 270 g/mol. The average Bonchev–Trinajstić information content (AvgIpc) is 2.46. The SMILES string of the molecule is CC(C)C(=Cc1ccc(-c2ccccc2)cc1)CCl. The molecule has 0 heterocycles. The van der Waals surface area contributed by atoms with Crippen molar-refractivity contribution in [1.82, 2.24) is 0 Å². The highest BCUT2D eigenvalue weighted by Gasteiger charge is 2.02. The Hall–Kier alpha value is -1.53. The second kappa shape index (κ2) is 6.58. The molecular weight excluding hydrogens is 252 g/mol. The molecule has 2 aromatic carbocycles. The Morgan fingerprint density at radius 3 is 2.05 bits per heavy atom. The third-order valence-corrected chi connectivity index (χ3v) is 3.57. The Labute approximate surface area is 120 Å². The summed E-state index contributed by atoms with van der Waals surface area (Å²) in [5.74, 6) is 1.09. The summed E-state index contributed by atoms with van der Waals surface area (Å²) in [6.45, 7) is 4.35. The predicted molar refractivity (Wildman–Crippen MR) is 85.4 cm³/mol. The first-order chi connectivity index (χ1) is 9.20. The highest BCUT2D eigenvalue weighted by atomic mass is 35.5. The van der Waals surface area contributed by atoms with E-state index in [1.54, 1.807) is 0 Å². The van der Waals surface area contributed by atoms with E-state index in [1.165, 1.54) is 22.3 Å². The van der Waals surface area contributed by atoms with Crippen molar-refractivity contribution in [3.63, 3.8) is 0 Å². The molecule has 0 aliphatic rings. The van der Waals surface area contributed by atoms with Gasteiger partial charge in [0.1, 0.15) is 0 Å². The summed E-state index contributed by atoms with van der Waals surface area (Å²) in [4.78, 5) is 0. The summed E-state index contributed by atoms with van der Waals surface area (Å²) in [7, 11) is 0. The topological polar surface area (TPSA) is 0 Å². The van der Waals surface area contributed by atoms with Gasteiger partial charge < -0.3 is 0 Å². The lowest BCUT2D eigenvalue weighted by Gasteiger charge is -2.08. The Morgan fingerprint density at radius 2 is 1.53 bits per heavy atom. The van der Waals surface area contributed by atoms with Crippen LogP contribution in [0, 0.1) is 5.92 Å². The Kier molecular flexibility index (Phi) is 4.81. The molecule has 0 aliphatic carbocycles. The minimum atomic E-state index is 0.492. The molecule has 0 bridgehead atoms. The second-order valence-electron chi connectivity index (χ2n) is 5.00. The normalized spacial score (nSPS) is 11.9. The first-order valence-electron chi connectivity index (χ1n) is 6.62. The largest absolute Gasteiger partial charge is 0.122 e. The fourth-order valence-electron chi connectivity index (χ4n) is 1.98. The van der Waals surface area contributed by atoms with Gasteiger partial charge in [-0.1, -0.05) is 80.1 Å². The third-order valence-electron chi connectivity index (χ3n) is 3.27. The van der Waals surface area contributed by atoms with E-state index in [9.17, 15) is 0 Å². The molecule has 0 nitrogen and oxygen atoms in total. The van der Waals surface area contributed by atoms with Gasteiger partial charge >= 0.3 is 0 Å². The number of allylic oxidation sites excluding steroid dienone is 1. The molecule has 1 heteroatoms. The molecule has 19 heavy (non-hydrogen) atoms. The zero-order valence-corrected chi connectivity index (χ0v) is 12.2. The maximum absolute atomic E-state index is 5.97. The van der Waals surface area contributed by atoms with E-state index in [0.29, 0.717) is 11.8 Å². The first kappa shape index (κ1) is 13.9. The van der Waals surface area contributed by atoms with Gasteiger partial charge in [0.15, 0.2) is 0 Å². The van der Waals surface area contributed by atoms with Gasteiger partial charge in [0.25, 0.3) is 0 Å². The Bertz CT molecular complexity index is 536. The molecule has 0 saturated carbocycles. The van der Waals surface area contributed by atoms with Crippen molar-refractivity contribution in [2.45, 2.75) is 13.8 Å². The lowest BCUT2D eigenvalue weighted by molar-refractivity contribution is 0.778. The van der Waals surface area contributed by atoms with Crippen LogP contribution in [0.15, 0.2) is 60.2 Å². The summed E-state index contributed by atoms with van der Waals surface area (Å²) in [6.07, 6.45) is 2.19. The van der Waals surface area contributed by atoms with Gasteiger partial charge in [-0.3, -0.25) is 0 Å². The van der Waals surface area contributed by atoms with Gasteiger partial charge in [0, 0.05) is 5.88 Å².